The van der Waals surface area contributed by atoms with Crippen LogP contribution in [0.4, 0.5) is 0 Å². The molecule has 0 aliphatic rings. The van der Waals surface area contributed by atoms with Crippen molar-refractivity contribution < 1.29 is 26.7 Å². The van der Waals surface area contributed by atoms with E-state index in [-0.39, 0.29) is 0 Å². The second-order valence-electron chi connectivity index (χ2n) is 15.6. The van der Waals surface area contributed by atoms with Crippen molar-refractivity contribution in [1.29, 1.82) is 0 Å². The van der Waals surface area contributed by atoms with Gasteiger partial charge in [-0.2, -0.15) is 11.3 Å². The summed E-state index contributed by atoms with van der Waals surface area (Å²) in [6, 6.07) is 39.0. The molecule has 372 valence electrons. The van der Waals surface area contributed by atoms with Gasteiger partial charge in [-0.1, -0.05) is 71.0 Å². The summed E-state index contributed by atoms with van der Waals surface area (Å²) < 4.78 is 30.3. The number of aromatic nitrogens is 5. The molecule has 3 aromatic carbocycles. The minimum Gasteiger partial charge on any atom is -0.472 e. The van der Waals surface area contributed by atoms with Crippen LogP contribution < -0.4 is 0 Å². The van der Waals surface area contributed by atoms with Crippen molar-refractivity contribution in [1.82, 2.24) is 24.8 Å². The van der Waals surface area contributed by atoms with Gasteiger partial charge in [-0.3, -0.25) is 0 Å². The van der Waals surface area contributed by atoms with Crippen LogP contribution in [0.25, 0.3) is 21.8 Å². The normalized spacial score (nSPS) is 9.41. The van der Waals surface area contributed by atoms with E-state index in [1.165, 1.54) is 60.9 Å². The predicted octanol–water partition coefficient (Wildman–Crippen LogP) is 17.2. The van der Waals surface area contributed by atoms with Crippen molar-refractivity contribution >= 4 is 44.5 Å². The average molecular weight is 994 g/mol. The lowest BCUT2D eigenvalue weighted by Gasteiger charge is -2.00. The highest BCUT2D eigenvalue weighted by Crippen LogP contribution is 2.27. The predicted molar refractivity (Wildman–Crippen MR) is 291 cm³/mol. The largest absolute Gasteiger partial charge is 0.472 e. The number of fused-ring (bicyclic) bond motifs is 3. The molecule has 11 nitrogen and oxygen atoms in total. The summed E-state index contributed by atoms with van der Waals surface area (Å²) in [5.41, 5.74) is 10.2. The van der Waals surface area contributed by atoms with Gasteiger partial charge in [-0.05, 0) is 156 Å². The molecule has 0 fully saturated rings. The molecule has 0 bridgehead atoms. The Labute approximate surface area is 426 Å². The number of hydrogen-bond acceptors (Lipinski definition) is 12. The molecule has 0 radical (unpaired) electrons. The maximum atomic E-state index is 4.83. The Kier molecular flexibility index (Phi) is 27.3. The Morgan fingerprint density at radius 1 is 0.535 bits per heavy atom. The highest BCUT2D eigenvalue weighted by Gasteiger charge is 2.05. The SMILES string of the molecule is Cc1cccc(C)c1C.Cc1ccco1.Cc1cccs1.Cc1ccno1.Cc1ccoc1.Cc1ccon1.Cc1ccsc1.Cc1cnco1.Cc1ncco1.Cn1c2ccccc2c2ccccc21. The molecule has 9 aromatic heterocycles. The maximum Gasteiger partial charge on any atom is 0.190 e. The van der Waals surface area contributed by atoms with Gasteiger partial charge in [0.05, 0.1) is 43.1 Å². The van der Waals surface area contributed by atoms with Gasteiger partial charge in [0.15, 0.2) is 12.3 Å². The van der Waals surface area contributed by atoms with Gasteiger partial charge < -0.3 is 31.3 Å². The maximum absolute atomic E-state index is 4.83. The van der Waals surface area contributed by atoms with Gasteiger partial charge in [0.1, 0.15) is 29.8 Å². The van der Waals surface area contributed by atoms with E-state index < -0.39 is 0 Å². The Morgan fingerprint density at radius 2 is 1.24 bits per heavy atom. The number of rotatable bonds is 0. The highest BCUT2D eigenvalue weighted by molar-refractivity contribution is 7.09. The Morgan fingerprint density at radius 3 is 1.49 bits per heavy atom. The number of benzene rings is 3. The first-order valence-electron chi connectivity index (χ1n) is 22.6. The summed E-state index contributed by atoms with van der Waals surface area (Å²) in [6.45, 7) is 21.9. The second-order valence-corrected chi connectivity index (χ2v) is 17.5. The van der Waals surface area contributed by atoms with Crippen molar-refractivity contribution in [2.45, 2.75) is 76.2 Å². The quantitative estimate of drug-likeness (QED) is 0.144. The molecule has 0 unspecified atom stereocenters. The molecule has 0 atom stereocenters. The number of aryl methyl sites for hydroxylation is 11. The summed E-state index contributed by atoms with van der Waals surface area (Å²) in [6.07, 6.45) is 14.5. The highest BCUT2D eigenvalue weighted by atomic mass is 32.1. The van der Waals surface area contributed by atoms with Gasteiger partial charge in [-0.25, -0.2) is 9.97 Å². The van der Waals surface area contributed by atoms with E-state index in [0.717, 1.165) is 28.9 Å². The first kappa shape index (κ1) is 57.6. The number of thiophene rings is 2. The zero-order valence-electron chi connectivity index (χ0n) is 42.9. The van der Waals surface area contributed by atoms with E-state index in [1.54, 1.807) is 91.6 Å². The lowest BCUT2D eigenvalue weighted by molar-refractivity contribution is 0.397. The Bertz CT molecular complexity index is 2570. The lowest BCUT2D eigenvalue weighted by Crippen LogP contribution is -1.84. The van der Waals surface area contributed by atoms with Crippen molar-refractivity contribution in [3.63, 3.8) is 0 Å². The van der Waals surface area contributed by atoms with Crippen molar-refractivity contribution in [2.75, 3.05) is 0 Å². The molecule has 9 heterocycles. The molecule has 0 saturated carbocycles. The lowest BCUT2D eigenvalue weighted by atomic mass is 10.1. The zero-order valence-corrected chi connectivity index (χ0v) is 44.5. The van der Waals surface area contributed by atoms with Crippen LogP contribution in [-0.4, -0.2) is 24.8 Å². The third-order valence-electron chi connectivity index (χ3n) is 9.60. The minimum atomic E-state index is 0.718. The van der Waals surface area contributed by atoms with Gasteiger partial charge in [0, 0.05) is 52.8 Å². The molecule has 0 aliphatic heterocycles. The van der Waals surface area contributed by atoms with Crippen LogP contribution >= 0.6 is 22.7 Å². The second kappa shape index (κ2) is 33.7. The monoisotopic (exact) mass is 993 g/mol. The van der Waals surface area contributed by atoms with Crippen LogP contribution in [0.3, 0.4) is 0 Å². The standard InChI is InChI=1S/C13H11N.C9H12.2C5H6O.2C5H6S.4C4H5NO/c1-14-12-8-4-2-6-10(12)11-7-3-5-9-13(11)14;1-7-5-4-6-8(2)9(7)3;1-5-2-3-6-4-5;1-5-3-2-4-6-5;1-5-2-3-6-4-5;1-5-3-2-4-6-5;1-4-2-5-3-6-4;1-4-5-2-3-6-4;1-4-2-3-6-5-4;1-4-2-3-5-6-4/h2-9H,1H3;4-6H,1-3H3;4*2-4H,1H3;4*2-3H,1H3. The minimum absolute atomic E-state index is 0.718. The van der Waals surface area contributed by atoms with Crippen LogP contribution in [0.5, 0.6) is 0 Å². The number of furan rings is 2. The summed E-state index contributed by atoms with van der Waals surface area (Å²) in [7, 11) is 2.12. The van der Waals surface area contributed by atoms with Crippen LogP contribution in [0.2, 0.25) is 0 Å². The van der Waals surface area contributed by atoms with E-state index in [4.69, 9.17) is 17.7 Å². The molecule has 0 saturated heterocycles. The van der Waals surface area contributed by atoms with E-state index in [0.29, 0.717) is 0 Å². The van der Waals surface area contributed by atoms with E-state index in [1.807, 2.05) is 52.8 Å². The third-order valence-corrected chi connectivity index (χ3v) is 11.2. The van der Waals surface area contributed by atoms with E-state index in [2.05, 4.69) is 177 Å². The van der Waals surface area contributed by atoms with Crippen molar-refractivity contribution in [3.05, 3.63) is 249 Å². The molecule has 12 aromatic rings. The fraction of sp³-hybridized carbons (Fsp3) is 0.207. The molecule has 0 aliphatic carbocycles. The van der Waals surface area contributed by atoms with E-state index >= 15 is 0 Å². The Balaban J connectivity index is 0.000000212. The summed E-state index contributed by atoms with van der Waals surface area (Å²) in [4.78, 5) is 8.79. The molecule has 71 heavy (non-hydrogen) atoms. The number of nitrogens with zero attached hydrogens (tertiary/aromatic N) is 5. The summed E-state index contributed by atoms with van der Waals surface area (Å²) >= 11 is 3.52. The van der Waals surface area contributed by atoms with Gasteiger partial charge in [0.2, 0.25) is 0 Å². The zero-order chi connectivity index (χ0) is 51.6. The number of hydrogen-bond donors (Lipinski definition) is 0. The smallest absolute Gasteiger partial charge is 0.190 e. The molecule has 0 N–H and O–H groups in total. The summed E-state index contributed by atoms with van der Waals surface area (Å²) in [5.74, 6) is 3.40. The average Bonchev–Trinajstić information content (AvgIpc) is 4.20. The molecule has 12 rings (SSSR count). The van der Waals surface area contributed by atoms with Crippen molar-refractivity contribution in [3.8, 4) is 0 Å². The summed E-state index contributed by atoms with van der Waals surface area (Å²) in [5, 5.41) is 15.9. The molecular formula is C58H67N5O6S2. The van der Waals surface area contributed by atoms with Crippen LogP contribution in [-0.2, 0) is 7.05 Å². The van der Waals surface area contributed by atoms with Gasteiger partial charge >= 0.3 is 0 Å². The van der Waals surface area contributed by atoms with Crippen LogP contribution in [0.1, 0.15) is 61.6 Å². The van der Waals surface area contributed by atoms with Gasteiger partial charge in [-0.15, -0.1) is 11.3 Å². The topological polar surface area (TPSA) is 135 Å². The first-order valence-corrected chi connectivity index (χ1v) is 24.5. The number of oxazole rings is 2. The fourth-order valence-corrected chi connectivity index (χ4v) is 6.72. The van der Waals surface area contributed by atoms with Crippen molar-refractivity contribution in [2.24, 2.45) is 7.05 Å². The van der Waals surface area contributed by atoms with Crippen LogP contribution in [0.15, 0.2) is 214 Å². The number of para-hydroxylation sites is 2. The molecule has 0 amide bonds. The van der Waals surface area contributed by atoms with Gasteiger partial charge in [0.25, 0.3) is 0 Å². The van der Waals surface area contributed by atoms with Crippen LogP contribution in [0, 0.1) is 76.2 Å². The molecule has 13 heteroatoms. The Hall–Kier alpha value is -7.74. The molecular weight excluding hydrogens is 927 g/mol. The first-order chi connectivity index (χ1) is 34.2. The third kappa shape index (κ3) is 24.4. The van der Waals surface area contributed by atoms with E-state index in [9.17, 15) is 0 Å². The molecule has 0 spiro atoms. The fourth-order valence-electron chi connectivity index (χ4n) is 5.53.